The molecule has 1 radical (unpaired) electrons. The number of rotatable bonds is 7. The summed E-state index contributed by atoms with van der Waals surface area (Å²) in [5.41, 5.74) is 11.8. The summed E-state index contributed by atoms with van der Waals surface area (Å²) >= 11 is -1.86. The fourth-order valence-electron chi connectivity index (χ4n) is 7.19. The van der Waals surface area contributed by atoms with Gasteiger partial charge in [-0.15, -0.1) is 18.2 Å². The van der Waals surface area contributed by atoms with Crippen molar-refractivity contribution in [2.75, 3.05) is 0 Å². The zero-order valence-electron chi connectivity index (χ0n) is 36.2. The molecule has 9 aromatic rings. The quantitative estimate of drug-likeness (QED) is 0.118. The molecule has 0 amide bonds. The van der Waals surface area contributed by atoms with E-state index in [2.05, 4.69) is 144 Å². The number of fused-ring (bicyclic) bond motifs is 4. The van der Waals surface area contributed by atoms with Crippen LogP contribution in [0.1, 0.15) is 54.8 Å². The van der Waals surface area contributed by atoms with Gasteiger partial charge in [0.05, 0.1) is 22.4 Å². The molecule has 0 spiro atoms. The van der Waals surface area contributed by atoms with E-state index in [1.165, 1.54) is 32.3 Å². The molecule has 0 aliphatic heterocycles. The van der Waals surface area contributed by atoms with Crippen molar-refractivity contribution in [3.05, 3.63) is 163 Å². The third kappa shape index (κ3) is 8.04. The van der Waals surface area contributed by atoms with E-state index < -0.39 is 13.3 Å². The predicted octanol–water partition coefficient (Wildman–Crippen LogP) is 12.8. The minimum Gasteiger partial charge on any atom is 0 e. The first-order chi connectivity index (χ1) is 28.3. The molecule has 5 aromatic carbocycles. The first kappa shape index (κ1) is 36.2. The van der Waals surface area contributed by atoms with Crippen molar-refractivity contribution in [3.63, 3.8) is 0 Å². The van der Waals surface area contributed by atoms with Gasteiger partial charge in [0.15, 0.2) is 0 Å². The second-order valence-electron chi connectivity index (χ2n) is 15.8. The number of para-hydroxylation sites is 2. The number of imidazole rings is 1. The minimum absolute atomic E-state index is 0. The molecule has 4 aromatic heterocycles. The Bertz CT molecular complexity index is 2920. The Hall–Kier alpha value is -5.14. The Morgan fingerprint density at radius 1 is 0.737 bits per heavy atom. The van der Waals surface area contributed by atoms with Gasteiger partial charge in [-0.2, -0.15) is 0 Å². The van der Waals surface area contributed by atoms with Crippen LogP contribution in [0.2, 0.25) is 17.3 Å². The molecule has 57 heavy (non-hydrogen) atoms. The fraction of sp³-hybridized carbons (Fsp3) is 0.180. The van der Waals surface area contributed by atoms with Gasteiger partial charge in [0, 0.05) is 37.4 Å². The predicted molar refractivity (Wildman–Crippen MR) is 236 cm³/mol. The molecule has 0 saturated heterocycles. The average molecular weight is 987 g/mol. The van der Waals surface area contributed by atoms with Crippen LogP contribution in [-0.2, 0) is 20.1 Å². The summed E-state index contributed by atoms with van der Waals surface area (Å²) in [7, 11) is 0. The molecule has 0 aliphatic carbocycles. The molecular weight excluding hydrogens is 937 g/mol. The molecule has 0 N–H and O–H groups in total. The molecule has 0 fully saturated rings. The number of benzene rings is 5. The van der Waals surface area contributed by atoms with Crippen molar-refractivity contribution in [2.24, 2.45) is 0 Å². The maximum Gasteiger partial charge on any atom is 0 e. The van der Waals surface area contributed by atoms with E-state index >= 15 is 0 Å². The molecule has 0 atom stereocenters. The van der Waals surface area contributed by atoms with Crippen LogP contribution in [-0.4, -0.2) is 32.8 Å². The first-order valence-electron chi connectivity index (χ1n) is 20.7. The van der Waals surface area contributed by atoms with E-state index in [0.717, 1.165) is 38.8 Å². The van der Waals surface area contributed by atoms with Crippen LogP contribution in [0.4, 0.5) is 0 Å². The molecule has 7 heteroatoms. The van der Waals surface area contributed by atoms with Gasteiger partial charge < -0.3 is 8.98 Å². The smallest absolute Gasteiger partial charge is 0 e. The minimum atomic E-state index is -1.86. The topological polar surface area (TPSA) is 56.7 Å². The van der Waals surface area contributed by atoms with E-state index in [1.807, 2.05) is 36.5 Å². The second kappa shape index (κ2) is 16.8. The molecule has 9 rings (SSSR count). The van der Waals surface area contributed by atoms with Crippen LogP contribution in [0, 0.1) is 12.1 Å². The van der Waals surface area contributed by atoms with Crippen LogP contribution < -0.4 is 4.40 Å². The third-order valence-corrected chi connectivity index (χ3v) is 14.4. The maximum atomic E-state index is 7.65. The molecule has 287 valence electrons. The SMILES string of the molecule is CC(C)c1cc(-c2ccccc2)cc(C(C)C)c1-n1c(-c2[c-]ccc3c2oc2ncccc23)nc2ccccc21.[2H]c1[c-]c(-c2cc[c]([Ge]([CH3])([CH3])[CH3])cn2)cc([2H])c1[2H].[Ir]. The van der Waals surface area contributed by atoms with E-state index in [0.29, 0.717) is 28.8 Å². The van der Waals surface area contributed by atoms with Gasteiger partial charge in [-0.25, -0.2) is 4.98 Å². The van der Waals surface area contributed by atoms with Crippen LogP contribution in [0.3, 0.4) is 0 Å². The number of furan rings is 1. The monoisotopic (exact) mass is 988 g/mol. The van der Waals surface area contributed by atoms with Gasteiger partial charge in [-0.1, -0.05) is 81.1 Å². The number of aromatic nitrogens is 4. The number of hydrogen-bond acceptors (Lipinski definition) is 4. The van der Waals surface area contributed by atoms with Crippen molar-refractivity contribution < 1.29 is 28.6 Å². The standard InChI is InChI=1S/C36H30N3O.C14H16GeN.Ir/c1-22(2)29-20-25(24-12-6-5-7-13-24)21-30(23(3)4)33(29)39-32-18-9-8-17-31(32)38-35(39)28-15-10-14-26-27-16-11-19-37-36(27)40-34(26)28;1-15(2,3)13-9-10-14(16-11-13)12-7-5-4-6-8-12;/h5-14,16-23H,1-4H3;4-7,9-11H,1-3H3;/q2*-1;/i;4D,5D,6D;. The van der Waals surface area contributed by atoms with Gasteiger partial charge in [0.1, 0.15) is 0 Å². The summed E-state index contributed by atoms with van der Waals surface area (Å²) in [5, 5.41) is 2.01. The van der Waals surface area contributed by atoms with Gasteiger partial charge in [-0.05, 0) is 70.5 Å². The summed E-state index contributed by atoms with van der Waals surface area (Å²) in [6, 6.07) is 43.5. The average Bonchev–Trinajstić information content (AvgIpc) is 3.81. The Balaban J connectivity index is 0.000000230. The second-order valence-corrected chi connectivity index (χ2v) is 26.4. The Labute approximate surface area is 356 Å². The van der Waals surface area contributed by atoms with Gasteiger partial charge in [0.25, 0.3) is 0 Å². The zero-order valence-corrected chi connectivity index (χ0v) is 37.7. The Kier molecular flexibility index (Phi) is 10.6. The van der Waals surface area contributed by atoms with Crippen molar-refractivity contribution >= 4 is 50.8 Å². The van der Waals surface area contributed by atoms with E-state index in [9.17, 15) is 0 Å². The van der Waals surface area contributed by atoms with Crippen molar-refractivity contribution in [2.45, 2.75) is 56.8 Å². The maximum absolute atomic E-state index is 7.65. The summed E-state index contributed by atoms with van der Waals surface area (Å²) in [4.78, 5) is 14.1. The van der Waals surface area contributed by atoms with Crippen molar-refractivity contribution in [1.29, 1.82) is 0 Å². The normalized spacial score (nSPS) is 12.3. The summed E-state index contributed by atoms with van der Waals surface area (Å²) in [6.45, 7) is 9.09. The molecule has 0 bridgehead atoms. The molecule has 4 heterocycles. The van der Waals surface area contributed by atoms with Crippen LogP contribution in [0.5, 0.6) is 0 Å². The van der Waals surface area contributed by atoms with Crippen LogP contribution in [0.25, 0.3) is 72.6 Å². The van der Waals surface area contributed by atoms with E-state index in [4.69, 9.17) is 13.5 Å². The number of hydrogen-bond donors (Lipinski definition) is 0. The Morgan fingerprint density at radius 2 is 1.47 bits per heavy atom. The molecular formula is C50H46GeIrN4O-2. The van der Waals surface area contributed by atoms with Crippen LogP contribution in [0.15, 0.2) is 144 Å². The number of pyridine rings is 2. The van der Waals surface area contributed by atoms with Gasteiger partial charge in [-0.3, -0.25) is 4.98 Å². The molecule has 0 unspecified atom stereocenters. The molecule has 5 nitrogen and oxygen atoms in total. The summed E-state index contributed by atoms with van der Waals surface area (Å²) in [6.07, 6.45) is 3.66. The van der Waals surface area contributed by atoms with E-state index in [-0.39, 0.29) is 38.2 Å². The fourth-order valence-corrected chi connectivity index (χ4v) is 9.36. The summed E-state index contributed by atoms with van der Waals surface area (Å²) < 4.78 is 32.8. The third-order valence-electron chi connectivity index (χ3n) is 10.2. The molecule has 0 aliphatic rings. The first-order valence-corrected chi connectivity index (χ1v) is 26.5. The van der Waals surface area contributed by atoms with Crippen molar-refractivity contribution in [3.8, 4) is 39.5 Å². The van der Waals surface area contributed by atoms with E-state index in [1.54, 1.807) is 12.3 Å². The van der Waals surface area contributed by atoms with Gasteiger partial charge in [0.2, 0.25) is 5.71 Å². The Morgan fingerprint density at radius 3 is 2.16 bits per heavy atom. The number of nitrogens with zero attached hydrogens (tertiary/aromatic N) is 4. The summed E-state index contributed by atoms with van der Waals surface area (Å²) in [5.74, 6) is 8.33. The zero-order chi connectivity index (χ0) is 41.6. The van der Waals surface area contributed by atoms with Crippen LogP contribution >= 0.6 is 0 Å². The van der Waals surface area contributed by atoms with Crippen molar-refractivity contribution in [1.82, 2.24) is 19.5 Å². The largest absolute Gasteiger partial charge is 0 e. The molecule has 0 saturated carbocycles. The van der Waals surface area contributed by atoms with Gasteiger partial charge >= 0.3 is 104 Å².